The van der Waals surface area contributed by atoms with E-state index in [0.29, 0.717) is 17.6 Å². The Bertz CT molecular complexity index is 692. The molecule has 0 saturated heterocycles. The molecule has 136 valence electrons. The third-order valence-electron chi connectivity index (χ3n) is 4.81. The maximum atomic E-state index is 12.6. The van der Waals surface area contributed by atoms with E-state index >= 15 is 0 Å². The van der Waals surface area contributed by atoms with Crippen molar-refractivity contribution in [3.63, 3.8) is 0 Å². The molecule has 0 aliphatic heterocycles. The van der Waals surface area contributed by atoms with E-state index in [1.165, 1.54) is 32.1 Å². The van der Waals surface area contributed by atoms with Crippen molar-refractivity contribution < 1.29 is 9.21 Å². The standard InChI is InChI=1S/C20H28N2O2S/c1-21-12-7-13-22-20(23)19-17(14-25-15-8-3-2-4-9-15)16-10-5-6-11-18(16)24-19/h5-6,10-11,15,21H,2-4,7-9,12-14H2,1H3,(H,22,23). The van der Waals surface area contributed by atoms with Crippen molar-refractivity contribution in [2.45, 2.75) is 49.5 Å². The third-order valence-corrected chi connectivity index (χ3v) is 6.21. The number of furan rings is 1. The average Bonchev–Trinajstić information content (AvgIpc) is 3.03. The van der Waals surface area contributed by atoms with Gasteiger partial charge in [0.2, 0.25) is 0 Å². The Morgan fingerprint density at radius 1 is 1.20 bits per heavy atom. The predicted molar refractivity (Wildman–Crippen MR) is 105 cm³/mol. The van der Waals surface area contributed by atoms with E-state index in [2.05, 4.69) is 16.7 Å². The van der Waals surface area contributed by atoms with Gasteiger partial charge in [-0.05, 0) is 38.9 Å². The fourth-order valence-corrected chi connectivity index (χ4v) is 4.76. The molecule has 1 saturated carbocycles. The maximum Gasteiger partial charge on any atom is 0.287 e. The lowest BCUT2D eigenvalue weighted by atomic mass is 10.0. The third kappa shape index (κ3) is 4.79. The minimum absolute atomic E-state index is 0.0912. The lowest BCUT2D eigenvalue weighted by Gasteiger charge is -2.20. The molecule has 1 fully saturated rings. The quantitative estimate of drug-likeness (QED) is 0.688. The Labute approximate surface area is 154 Å². The van der Waals surface area contributed by atoms with E-state index in [1.54, 1.807) is 0 Å². The van der Waals surface area contributed by atoms with Crippen LogP contribution in [0.2, 0.25) is 0 Å². The molecule has 1 aliphatic carbocycles. The van der Waals surface area contributed by atoms with Crippen LogP contribution in [0.3, 0.4) is 0 Å². The van der Waals surface area contributed by atoms with E-state index in [-0.39, 0.29) is 5.91 Å². The van der Waals surface area contributed by atoms with Crippen LogP contribution in [0, 0.1) is 0 Å². The molecule has 2 aromatic rings. The highest BCUT2D eigenvalue weighted by atomic mass is 32.2. The number of thioether (sulfide) groups is 1. The van der Waals surface area contributed by atoms with E-state index in [1.807, 2.05) is 37.0 Å². The highest BCUT2D eigenvalue weighted by Gasteiger charge is 2.22. The second-order valence-corrected chi connectivity index (χ2v) is 7.98. The molecular weight excluding hydrogens is 332 g/mol. The predicted octanol–water partition coefficient (Wildman–Crippen LogP) is 4.34. The van der Waals surface area contributed by atoms with E-state index in [0.717, 1.165) is 35.3 Å². The van der Waals surface area contributed by atoms with Gasteiger partial charge in [-0.3, -0.25) is 4.79 Å². The highest BCUT2D eigenvalue weighted by molar-refractivity contribution is 7.99. The Morgan fingerprint density at radius 2 is 2.00 bits per heavy atom. The van der Waals surface area contributed by atoms with E-state index in [9.17, 15) is 4.79 Å². The summed E-state index contributed by atoms with van der Waals surface area (Å²) in [5.41, 5.74) is 1.86. The van der Waals surface area contributed by atoms with Crippen molar-refractivity contribution in [1.82, 2.24) is 10.6 Å². The number of nitrogens with one attached hydrogen (secondary N) is 2. The van der Waals surface area contributed by atoms with E-state index < -0.39 is 0 Å². The first-order chi connectivity index (χ1) is 12.3. The average molecular weight is 361 g/mol. The number of carbonyl (C=O) groups is 1. The van der Waals surface area contributed by atoms with Gasteiger partial charge in [-0.25, -0.2) is 0 Å². The monoisotopic (exact) mass is 360 g/mol. The molecular formula is C20H28N2O2S. The van der Waals surface area contributed by atoms with Crippen LogP contribution in [-0.4, -0.2) is 31.3 Å². The summed E-state index contributed by atoms with van der Waals surface area (Å²) in [6, 6.07) is 7.98. The summed E-state index contributed by atoms with van der Waals surface area (Å²) in [7, 11) is 1.92. The van der Waals surface area contributed by atoms with Gasteiger partial charge in [0, 0.05) is 28.5 Å². The summed E-state index contributed by atoms with van der Waals surface area (Å²) in [6.45, 7) is 1.55. The second kappa shape index (κ2) is 9.30. The fraction of sp³-hybridized carbons (Fsp3) is 0.550. The SMILES string of the molecule is CNCCCNC(=O)c1oc2ccccc2c1CSC1CCCCC1. The Hall–Kier alpha value is -1.46. The zero-order valence-corrected chi connectivity index (χ0v) is 15.8. The van der Waals surface area contributed by atoms with Crippen molar-refractivity contribution >= 4 is 28.6 Å². The molecule has 3 rings (SSSR count). The molecule has 4 nitrogen and oxygen atoms in total. The largest absolute Gasteiger partial charge is 0.451 e. The number of rotatable bonds is 8. The van der Waals surface area contributed by atoms with Crippen LogP contribution in [0.1, 0.15) is 54.6 Å². The van der Waals surface area contributed by atoms with Crippen molar-refractivity contribution in [3.8, 4) is 0 Å². The first kappa shape index (κ1) is 18.3. The summed E-state index contributed by atoms with van der Waals surface area (Å²) < 4.78 is 5.92. The van der Waals surface area contributed by atoms with Gasteiger partial charge in [0.25, 0.3) is 5.91 Å². The molecule has 1 aromatic carbocycles. The summed E-state index contributed by atoms with van der Waals surface area (Å²) >= 11 is 1.98. The topological polar surface area (TPSA) is 54.3 Å². The molecule has 1 aromatic heterocycles. The van der Waals surface area contributed by atoms with Crippen molar-refractivity contribution in [2.75, 3.05) is 20.1 Å². The van der Waals surface area contributed by atoms with Crippen molar-refractivity contribution in [1.29, 1.82) is 0 Å². The first-order valence-corrected chi connectivity index (χ1v) is 10.4. The van der Waals surface area contributed by atoms with Crippen LogP contribution in [0.15, 0.2) is 28.7 Å². The number of hydrogen-bond acceptors (Lipinski definition) is 4. The Balaban J connectivity index is 1.73. The molecule has 1 aliphatic rings. The molecule has 1 amide bonds. The fourth-order valence-electron chi connectivity index (χ4n) is 3.41. The molecule has 0 spiro atoms. The van der Waals surface area contributed by atoms with Crippen LogP contribution >= 0.6 is 11.8 Å². The molecule has 0 radical (unpaired) electrons. The summed E-state index contributed by atoms with van der Waals surface area (Å²) in [6.07, 6.45) is 7.55. The molecule has 0 unspecified atom stereocenters. The maximum absolute atomic E-state index is 12.6. The van der Waals surface area contributed by atoms with Gasteiger partial charge in [-0.1, -0.05) is 37.5 Å². The summed E-state index contributed by atoms with van der Waals surface area (Å²) in [5, 5.41) is 7.88. The normalized spacial score (nSPS) is 15.6. The minimum atomic E-state index is -0.0912. The Kier molecular flexibility index (Phi) is 6.82. The molecule has 25 heavy (non-hydrogen) atoms. The van der Waals surface area contributed by atoms with E-state index in [4.69, 9.17) is 4.42 Å². The van der Waals surface area contributed by atoms with Gasteiger partial charge in [-0.2, -0.15) is 11.8 Å². The van der Waals surface area contributed by atoms with Crippen LogP contribution in [0.4, 0.5) is 0 Å². The van der Waals surface area contributed by atoms with Gasteiger partial charge < -0.3 is 15.1 Å². The number of fused-ring (bicyclic) bond motifs is 1. The number of para-hydroxylation sites is 1. The molecule has 2 N–H and O–H groups in total. The van der Waals surface area contributed by atoms with Crippen LogP contribution in [0.5, 0.6) is 0 Å². The Morgan fingerprint density at radius 3 is 2.80 bits per heavy atom. The highest BCUT2D eigenvalue weighted by Crippen LogP contribution is 2.34. The minimum Gasteiger partial charge on any atom is -0.451 e. The summed E-state index contributed by atoms with van der Waals surface area (Å²) in [5.74, 6) is 1.25. The first-order valence-electron chi connectivity index (χ1n) is 9.34. The zero-order valence-electron chi connectivity index (χ0n) is 15.0. The lowest BCUT2D eigenvalue weighted by molar-refractivity contribution is 0.0927. The number of benzene rings is 1. The van der Waals surface area contributed by atoms with Crippen molar-refractivity contribution in [2.24, 2.45) is 0 Å². The molecule has 1 heterocycles. The smallest absolute Gasteiger partial charge is 0.287 e. The van der Waals surface area contributed by atoms with Gasteiger partial charge in [-0.15, -0.1) is 0 Å². The van der Waals surface area contributed by atoms with Crippen LogP contribution in [-0.2, 0) is 5.75 Å². The van der Waals surface area contributed by atoms with Crippen LogP contribution < -0.4 is 10.6 Å². The molecule has 0 atom stereocenters. The summed E-state index contributed by atoms with van der Waals surface area (Å²) in [4.78, 5) is 12.6. The molecule has 5 heteroatoms. The van der Waals surface area contributed by atoms with Gasteiger partial charge in [0.05, 0.1) is 0 Å². The second-order valence-electron chi connectivity index (χ2n) is 6.69. The zero-order chi connectivity index (χ0) is 17.5. The van der Waals surface area contributed by atoms with Gasteiger partial charge in [0.1, 0.15) is 5.58 Å². The van der Waals surface area contributed by atoms with Crippen LogP contribution in [0.25, 0.3) is 11.0 Å². The lowest BCUT2D eigenvalue weighted by Crippen LogP contribution is -2.27. The van der Waals surface area contributed by atoms with Crippen molar-refractivity contribution in [3.05, 3.63) is 35.6 Å². The van der Waals surface area contributed by atoms with Gasteiger partial charge >= 0.3 is 0 Å². The van der Waals surface area contributed by atoms with Gasteiger partial charge in [0.15, 0.2) is 5.76 Å². The number of hydrogen-bond donors (Lipinski definition) is 2. The number of carbonyl (C=O) groups excluding carboxylic acids is 1. The number of amides is 1. The molecule has 0 bridgehead atoms.